The second-order valence-electron chi connectivity index (χ2n) is 9.73. The number of nitrogens with one attached hydrogen (secondary N) is 1. The number of ether oxygens (including phenoxy) is 2. The van der Waals surface area contributed by atoms with Crippen LogP contribution in [0.2, 0.25) is 0 Å². The molecule has 8 heteroatoms. The minimum Gasteiger partial charge on any atom is -0.493 e. The molecule has 5 rings (SSSR count). The molecule has 2 heterocycles. The van der Waals surface area contributed by atoms with Crippen molar-refractivity contribution < 1.29 is 23.2 Å². The fourth-order valence-electron chi connectivity index (χ4n) is 5.33. The summed E-state index contributed by atoms with van der Waals surface area (Å²) in [6, 6.07) is 10.2. The fourth-order valence-corrected chi connectivity index (χ4v) is 5.33. The Hall–Kier alpha value is -3.65. The van der Waals surface area contributed by atoms with E-state index >= 15 is 0 Å². The van der Waals surface area contributed by atoms with E-state index in [-0.39, 0.29) is 11.7 Å². The molecular weight excluding hydrogens is 473 g/mol. The number of nitrogens with zero attached hydrogens (tertiary/aromatic N) is 2. The molecule has 3 aromatic rings. The Morgan fingerprint density at radius 1 is 1.22 bits per heavy atom. The topological polar surface area (TPSA) is 76.8 Å². The average Bonchev–Trinajstić information content (AvgIpc) is 3.31. The molecule has 7 nitrogen and oxygen atoms in total. The SMILES string of the molecule is C=C1[C@H](CNC(=O)/C=C/c2cccc(OC)c2OC)[C@H]1CN1CCC(c2noc3cc(F)ccc23)CC1. The lowest BCUT2D eigenvalue weighted by molar-refractivity contribution is -0.116. The zero-order valence-electron chi connectivity index (χ0n) is 21.2. The van der Waals surface area contributed by atoms with E-state index in [9.17, 15) is 9.18 Å². The minimum atomic E-state index is -0.312. The molecule has 1 saturated heterocycles. The van der Waals surface area contributed by atoms with Gasteiger partial charge < -0.3 is 24.2 Å². The Labute approximate surface area is 215 Å². The van der Waals surface area contributed by atoms with Crippen LogP contribution in [0.3, 0.4) is 0 Å². The molecule has 0 bridgehead atoms. The highest BCUT2D eigenvalue weighted by atomic mass is 19.1. The summed E-state index contributed by atoms with van der Waals surface area (Å²) < 4.78 is 29.5. The van der Waals surface area contributed by atoms with Crippen molar-refractivity contribution in [2.45, 2.75) is 18.8 Å². The first kappa shape index (κ1) is 25.0. The van der Waals surface area contributed by atoms with Gasteiger partial charge in [-0.25, -0.2) is 4.39 Å². The van der Waals surface area contributed by atoms with Crippen molar-refractivity contribution in [2.24, 2.45) is 11.8 Å². The summed E-state index contributed by atoms with van der Waals surface area (Å²) >= 11 is 0. The predicted molar refractivity (Wildman–Crippen MR) is 140 cm³/mol. The lowest BCUT2D eigenvalue weighted by atomic mass is 9.91. The lowest BCUT2D eigenvalue weighted by Gasteiger charge is -2.31. The number of halogens is 1. The maximum atomic E-state index is 13.5. The predicted octanol–water partition coefficient (Wildman–Crippen LogP) is 4.80. The smallest absolute Gasteiger partial charge is 0.244 e. The van der Waals surface area contributed by atoms with Gasteiger partial charge in [0.2, 0.25) is 5.91 Å². The van der Waals surface area contributed by atoms with Crippen molar-refractivity contribution in [1.29, 1.82) is 0 Å². The molecule has 1 saturated carbocycles. The number of para-hydroxylation sites is 1. The van der Waals surface area contributed by atoms with E-state index in [0.717, 1.165) is 49.1 Å². The Morgan fingerprint density at radius 2 is 2.03 bits per heavy atom. The summed E-state index contributed by atoms with van der Waals surface area (Å²) in [5, 5.41) is 8.15. The van der Waals surface area contributed by atoms with Gasteiger partial charge in [-0.3, -0.25) is 4.79 Å². The van der Waals surface area contributed by atoms with E-state index in [4.69, 9.17) is 14.0 Å². The van der Waals surface area contributed by atoms with Crippen molar-refractivity contribution in [3.8, 4) is 11.5 Å². The van der Waals surface area contributed by atoms with Crippen LogP contribution in [0.4, 0.5) is 4.39 Å². The molecule has 1 aromatic heterocycles. The molecule has 2 atom stereocenters. The van der Waals surface area contributed by atoms with Gasteiger partial charge in [-0.15, -0.1) is 0 Å². The second-order valence-corrected chi connectivity index (χ2v) is 9.73. The molecule has 0 unspecified atom stereocenters. The average molecular weight is 506 g/mol. The van der Waals surface area contributed by atoms with E-state index in [1.54, 1.807) is 26.4 Å². The number of methoxy groups -OCH3 is 2. The molecule has 1 aliphatic heterocycles. The first-order valence-electron chi connectivity index (χ1n) is 12.6. The largest absolute Gasteiger partial charge is 0.493 e. The van der Waals surface area contributed by atoms with Gasteiger partial charge in [0, 0.05) is 53.9 Å². The third kappa shape index (κ3) is 5.39. The van der Waals surface area contributed by atoms with Gasteiger partial charge in [-0.2, -0.15) is 0 Å². The molecule has 2 aromatic carbocycles. The molecule has 1 N–H and O–H groups in total. The standard InChI is InChI=1S/C29H32FN3O4/c1-18-23(16-31-27(34)10-7-20-5-4-6-25(35-2)29(20)36-3)24(18)17-33-13-11-19(12-14-33)28-22-9-8-21(30)15-26(22)37-32-28/h4-10,15,19,23-24H,1,11-14,16-17H2,2-3H3,(H,31,34)/b10-7+/t23-,24-/m0/s1. The minimum absolute atomic E-state index is 0.149. The van der Waals surface area contributed by atoms with Crippen molar-refractivity contribution in [3.63, 3.8) is 0 Å². The quantitative estimate of drug-likeness (QED) is 0.333. The third-order valence-corrected chi connectivity index (χ3v) is 7.56. The molecule has 194 valence electrons. The molecule has 2 aliphatic rings. The monoisotopic (exact) mass is 505 g/mol. The van der Waals surface area contributed by atoms with Crippen LogP contribution in [0.15, 0.2) is 59.1 Å². The highest BCUT2D eigenvalue weighted by Gasteiger charge is 2.43. The summed E-state index contributed by atoms with van der Waals surface area (Å²) in [5.41, 5.74) is 3.42. The number of likely N-dealkylation sites (tertiary alicyclic amines) is 1. The number of hydrogen-bond donors (Lipinski definition) is 1. The van der Waals surface area contributed by atoms with E-state index in [1.165, 1.54) is 23.8 Å². The number of carbonyl (C=O) groups excluding carboxylic acids is 1. The zero-order chi connectivity index (χ0) is 25.9. The first-order chi connectivity index (χ1) is 18.0. The van der Waals surface area contributed by atoms with Crippen molar-refractivity contribution in [1.82, 2.24) is 15.4 Å². The number of amides is 1. The van der Waals surface area contributed by atoms with Crippen LogP contribution in [-0.4, -0.2) is 56.4 Å². The van der Waals surface area contributed by atoms with Gasteiger partial charge >= 0.3 is 0 Å². The lowest BCUT2D eigenvalue weighted by Crippen LogP contribution is -2.35. The number of carbonyl (C=O) groups is 1. The van der Waals surface area contributed by atoms with Crippen LogP contribution < -0.4 is 14.8 Å². The maximum absolute atomic E-state index is 13.5. The molecule has 0 radical (unpaired) electrons. The van der Waals surface area contributed by atoms with Crippen LogP contribution in [0.25, 0.3) is 17.0 Å². The van der Waals surface area contributed by atoms with E-state index in [1.807, 2.05) is 18.2 Å². The number of fused-ring (bicyclic) bond motifs is 1. The molecule has 2 fully saturated rings. The van der Waals surface area contributed by atoms with Crippen molar-refractivity contribution in [2.75, 3.05) is 40.4 Å². The number of hydrogen-bond acceptors (Lipinski definition) is 6. The third-order valence-electron chi connectivity index (χ3n) is 7.56. The Morgan fingerprint density at radius 3 is 2.78 bits per heavy atom. The summed E-state index contributed by atoms with van der Waals surface area (Å²) in [6.45, 7) is 7.69. The molecule has 37 heavy (non-hydrogen) atoms. The second kappa shape index (κ2) is 10.8. The van der Waals surface area contributed by atoms with Crippen molar-refractivity contribution >= 4 is 23.0 Å². The van der Waals surface area contributed by atoms with Crippen LogP contribution in [0, 0.1) is 17.7 Å². The summed E-state index contributed by atoms with van der Waals surface area (Å²) in [6.07, 6.45) is 5.22. The fraction of sp³-hybridized carbons (Fsp3) is 0.379. The molecule has 1 aliphatic carbocycles. The molecular formula is C29H32FN3O4. The van der Waals surface area contributed by atoms with Gasteiger partial charge in [0.25, 0.3) is 0 Å². The Bertz CT molecular complexity index is 1330. The van der Waals surface area contributed by atoms with Gasteiger partial charge in [0.1, 0.15) is 5.82 Å². The van der Waals surface area contributed by atoms with Crippen LogP contribution >= 0.6 is 0 Å². The van der Waals surface area contributed by atoms with Crippen LogP contribution in [-0.2, 0) is 4.79 Å². The van der Waals surface area contributed by atoms with E-state index in [0.29, 0.717) is 41.4 Å². The summed E-state index contributed by atoms with van der Waals surface area (Å²) in [4.78, 5) is 14.9. The summed E-state index contributed by atoms with van der Waals surface area (Å²) in [5.74, 6) is 1.77. The van der Waals surface area contributed by atoms with Gasteiger partial charge in [0.15, 0.2) is 17.1 Å². The first-order valence-corrected chi connectivity index (χ1v) is 12.6. The van der Waals surface area contributed by atoms with Crippen LogP contribution in [0.5, 0.6) is 11.5 Å². The Kier molecular flexibility index (Phi) is 7.28. The van der Waals surface area contributed by atoms with Crippen LogP contribution in [0.1, 0.15) is 30.0 Å². The number of piperidine rings is 1. The van der Waals surface area contributed by atoms with Crippen molar-refractivity contribution in [3.05, 3.63) is 71.7 Å². The normalized spacial score (nSPS) is 20.5. The van der Waals surface area contributed by atoms with Gasteiger partial charge in [0.05, 0.1) is 19.9 Å². The highest BCUT2D eigenvalue weighted by Crippen LogP contribution is 2.45. The molecule has 0 spiro atoms. The van der Waals surface area contributed by atoms with Gasteiger partial charge in [-0.1, -0.05) is 29.4 Å². The van der Waals surface area contributed by atoms with E-state index in [2.05, 4.69) is 22.0 Å². The van der Waals surface area contributed by atoms with Gasteiger partial charge in [-0.05, 0) is 50.2 Å². The number of aromatic nitrogens is 1. The van der Waals surface area contributed by atoms with E-state index < -0.39 is 0 Å². The maximum Gasteiger partial charge on any atom is 0.244 e. The highest BCUT2D eigenvalue weighted by molar-refractivity contribution is 5.92. The molecule has 1 amide bonds. The number of rotatable bonds is 9. The number of benzene rings is 2. The summed E-state index contributed by atoms with van der Waals surface area (Å²) in [7, 11) is 3.16. The zero-order valence-corrected chi connectivity index (χ0v) is 21.2. The Balaban J connectivity index is 1.08.